The molecule has 8 heteroatoms. The van der Waals surface area contributed by atoms with Crippen molar-refractivity contribution in [3.63, 3.8) is 0 Å². The maximum atomic E-state index is 13.3. The number of hydrogen-bond acceptors (Lipinski definition) is 5. The fraction of sp³-hybridized carbons (Fsp3) is 0.273. The summed E-state index contributed by atoms with van der Waals surface area (Å²) in [5.41, 5.74) is 3.06. The van der Waals surface area contributed by atoms with Crippen molar-refractivity contribution in [3.8, 4) is 16.3 Å². The van der Waals surface area contributed by atoms with E-state index in [1.165, 1.54) is 4.88 Å². The van der Waals surface area contributed by atoms with Gasteiger partial charge in [0, 0.05) is 19.5 Å². The van der Waals surface area contributed by atoms with E-state index in [0.29, 0.717) is 12.3 Å². The second kappa shape index (κ2) is 8.59. The van der Waals surface area contributed by atoms with Crippen molar-refractivity contribution < 1.29 is 4.74 Å². The summed E-state index contributed by atoms with van der Waals surface area (Å²) >= 11 is 3.23. The van der Waals surface area contributed by atoms with Gasteiger partial charge in [-0.25, -0.2) is 9.67 Å². The van der Waals surface area contributed by atoms with Crippen LogP contribution < -0.4 is 10.4 Å². The molecule has 0 saturated heterocycles. The van der Waals surface area contributed by atoms with Crippen molar-refractivity contribution in [1.82, 2.24) is 13.9 Å². The molecule has 4 aromatic rings. The molecule has 0 amide bonds. The number of rotatable bonds is 6. The Morgan fingerprint density at radius 1 is 1.13 bits per heavy atom. The Morgan fingerprint density at radius 2 is 1.90 bits per heavy atom. The monoisotopic (exact) mass is 440 g/mol. The summed E-state index contributed by atoms with van der Waals surface area (Å²) < 4.78 is 11.1. The molecule has 30 heavy (non-hydrogen) atoms. The Morgan fingerprint density at radius 3 is 2.57 bits per heavy atom. The van der Waals surface area contributed by atoms with Gasteiger partial charge < -0.3 is 9.30 Å². The number of nitrogens with zero attached hydrogens (tertiary/aromatic N) is 4. The molecule has 1 unspecified atom stereocenters. The van der Waals surface area contributed by atoms with Crippen LogP contribution in [0.4, 0.5) is 5.69 Å². The molecular weight excluding hydrogens is 416 g/mol. The summed E-state index contributed by atoms with van der Waals surface area (Å²) in [6.45, 7) is 4.59. The van der Waals surface area contributed by atoms with Crippen LogP contribution in [-0.2, 0) is 11.8 Å². The summed E-state index contributed by atoms with van der Waals surface area (Å²) in [4.78, 5) is 20.1. The number of aromatic nitrogens is 3. The van der Waals surface area contributed by atoms with Gasteiger partial charge in [0.2, 0.25) is 0 Å². The number of para-hydroxylation sites is 1. The predicted molar refractivity (Wildman–Crippen MR) is 123 cm³/mol. The zero-order chi connectivity index (χ0) is 21.3. The molecule has 0 radical (unpaired) electrons. The molecule has 1 atom stereocenters. The fourth-order valence-electron chi connectivity index (χ4n) is 3.53. The standard InChI is InChI=1S/C22H24N4O2S2/c1-15(13-28-4)25-18(19-11-8-12-29-19)14-30-22(25)23-20-16(2)24(3)26(21(20)27)17-9-6-5-7-10-17/h5-12,14-15H,13H2,1-4H3. The van der Waals surface area contributed by atoms with Crippen LogP contribution >= 0.6 is 22.7 Å². The topological polar surface area (TPSA) is 53.4 Å². The molecule has 0 saturated carbocycles. The van der Waals surface area contributed by atoms with Gasteiger partial charge in [0.25, 0.3) is 5.56 Å². The molecule has 3 heterocycles. The lowest BCUT2D eigenvalue weighted by molar-refractivity contribution is 0.162. The highest BCUT2D eigenvalue weighted by atomic mass is 32.1. The molecule has 156 valence electrons. The summed E-state index contributed by atoms with van der Waals surface area (Å²) in [5, 5.41) is 4.17. The maximum Gasteiger partial charge on any atom is 0.297 e. The third kappa shape index (κ3) is 3.62. The van der Waals surface area contributed by atoms with Crippen LogP contribution in [0.3, 0.4) is 0 Å². The van der Waals surface area contributed by atoms with Crippen molar-refractivity contribution in [3.05, 3.63) is 74.1 Å². The second-order valence-electron chi connectivity index (χ2n) is 7.08. The Kier molecular flexibility index (Phi) is 5.90. The highest BCUT2D eigenvalue weighted by Crippen LogP contribution is 2.28. The van der Waals surface area contributed by atoms with Crippen molar-refractivity contribution in [2.75, 3.05) is 13.7 Å². The first-order valence-corrected chi connectivity index (χ1v) is 11.4. The number of methoxy groups -OCH3 is 1. The number of thiophene rings is 1. The van der Waals surface area contributed by atoms with E-state index < -0.39 is 0 Å². The molecular formula is C22H24N4O2S2. The fourth-order valence-corrected chi connectivity index (χ4v) is 5.33. The minimum atomic E-state index is -0.127. The summed E-state index contributed by atoms with van der Waals surface area (Å²) in [7, 11) is 3.58. The number of benzene rings is 1. The van der Waals surface area contributed by atoms with Crippen LogP contribution in [0.2, 0.25) is 0 Å². The number of ether oxygens (including phenoxy) is 1. The van der Waals surface area contributed by atoms with Gasteiger partial charge in [-0.15, -0.1) is 22.7 Å². The zero-order valence-electron chi connectivity index (χ0n) is 17.4. The lowest BCUT2D eigenvalue weighted by Crippen LogP contribution is -2.23. The lowest BCUT2D eigenvalue weighted by Gasteiger charge is -2.15. The summed E-state index contributed by atoms with van der Waals surface area (Å²) in [6.07, 6.45) is 0. The molecule has 0 aliphatic rings. The van der Waals surface area contributed by atoms with Crippen molar-refractivity contribution in [2.24, 2.45) is 12.0 Å². The summed E-state index contributed by atoms with van der Waals surface area (Å²) in [5.74, 6) is 0. The van der Waals surface area contributed by atoms with Gasteiger partial charge in [0.1, 0.15) is 0 Å². The second-order valence-corrected chi connectivity index (χ2v) is 8.86. The molecule has 0 N–H and O–H groups in total. The molecule has 0 aliphatic carbocycles. The van der Waals surface area contributed by atoms with Crippen LogP contribution in [0.15, 0.2) is 63.0 Å². The Balaban J connectivity index is 1.92. The first kappa shape index (κ1) is 20.6. The predicted octanol–water partition coefficient (Wildman–Crippen LogP) is 4.52. The van der Waals surface area contributed by atoms with Crippen molar-refractivity contribution in [1.29, 1.82) is 0 Å². The molecule has 3 aromatic heterocycles. The first-order chi connectivity index (χ1) is 14.5. The number of hydrogen-bond donors (Lipinski definition) is 0. The third-order valence-corrected chi connectivity index (χ3v) is 6.83. The summed E-state index contributed by atoms with van der Waals surface area (Å²) in [6, 6.07) is 13.9. The average Bonchev–Trinajstić information content (AvgIpc) is 3.45. The lowest BCUT2D eigenvalue weighted by atomic mass is 10.3. The molecule has 6 nitrogen and oxygen atoms in total. The van der Waals surface area contributed by atoms with Gasteiger partial charge >= 0.3 is 0 Å². The average molecular weight is 441 g/mol. The Labute approximate surface area is 182 Å². The van der Waals surface area contributed by atoms with Gasteiger partial charge in [0.15, 0.2) is 10.5 Å². The molecule has 0 aliphatic heterocycles. The molecule has 0 fully saturated rings. The van der Waals surface area contributed by atoms with Crippen LogP contribution in [0.25, 0.3) is 16.3 Å². The van der Waals surface area contributed by atoms with Crippen molar-refractivity contribution >= 4 is 28.4 Å². The van der Waals surface area contributed by atoms with Gasteiger partial charge in [0.05, 0.1) is 34.6 Å². The molecule has 0 bridgehead atoms. The minimum absolute atomic E-state index is 0.0810. The van der Waals surface area contributed by atoms with Crippen molar-refractivity contribution in [2.45, 2.75) is 19.9 Å². The SMILES string of the molecule is COCC(C)n1c(-c2cccs2)csc1=Nc1c(C)n(C)n(-c2ccccc2)c1=O. The van der Waals surface area contributed by atoms with Gasteiger partial charge in [-0.05, 0) is 37.4 Å². The van der Waals surface area contributed by atoms with Crippen LogP contribution in [0, 0.1) is 6.92 Å². The van der Waals surface area contributed by atoms with E-state index in [2.05, 4.69) is 28.3 Å². The third-order valence-electron chi connectivity index (χ3n) is 5.10. The van der Waals surface area contributed by atoms with E-state index in [0.717, 1.165) is 21.9 Å². The quantitative estimate of drug-likeness (QED) is 0.443. The number of thiazole rings is 1. The highest BCUT2D eigenvalue weighted by Gasteiger charge is 2.18. The van der Waals surface area contributed by atoms with Gasteiger partial charge in [-0.2, -0.15) is 0 Å². The largest absolute Gasteiger partial charge is 0.383 e. The molecule has 1 aromatic carbocycles. The van der Waals surface area contributed by atoms with Gasteiger partial charge in [-0.3, -0.25) is 9.48 Å². The van der Waals surface area contributed by atoms with Gasteiger partial charge in [-0.1, -0.05) is 24.3 Å². The van der Waals surface area contributed by atoms with Crippen LogP contribution in [0.5, 0.6) is 0 Å². The Bertz CT molecular complexity index is 1260. The van der Waals surface area contributed by atoms with E-state index >= 15 is 0 Å². The smallest absolute Gasteiger partial charge is 0.297 e. The van der Waals surface area contributed by atoms with E-state index in [1.54, 1.807) is 34.5 Å². The molecule has 0 spiro atoms. The normalized spacial score (nSPS) is 13.1. The van der Waals surface area contributed by atoms with E-state index in [9.17, 15) is 4.79 Å². The first-order valence-electron chi connectivity index (χ1n) is 9.64. The minimum Gasteiger partial charge on any atom is -0.383 e. The maximum absolute atomic E-state index is 13.3. The van der Waals surface area contributed by atoms with E-state index in [4.69, 9.17) is 9.73 Å². The Hall–Kier alpha value is -2.68. The van der Waals surface area contributed by atoms with E-state index in [1.807, 2.05) is 55.1 Å². The van der Waals surface area contributed by atoms with Crippen LogP contribution in [0.1, 0.15) is 18.7 Å². The van der Waals surface area contributed by atoms with Crippen LogP contribution in [-0.4, -0.2) is 27.6 Å². The zero-order valence-corrected chi connectivity index (χ0v) is 19.0. The van der Waals surface area contributed by atoms with E-state index in [-0.39, 0.29) is 11.6 Å². The molecule has 4 rings (SSSR count). The highest BCUT2D eigenvalue weighted by molar-refractivity contribution is 7.14.